The number of nitrogens with zero attached hydrogens (tertiary/aromatic N) is 4. The minimum absolute atomic E-state index is 0.110. The van der Waals surface area contributed by atoms with Crippen LogP contribution in [0.1, 0.15) is 55.1 Å². The number of ether oxygens (including phenoxy) is 1. The fourth-order valence-electron chi connectivity index (χ4n) is 6.00. The van der Waals surface area contributed by atoms with E-state index in [4.69, 9.17) is 14.1 Å². The van der Waals surface area contributed by atoms with Gasteiger partial charge in [-0.05, 0) is 67.2 Å². The summed E-state index contributed by atoms with van der Waals surface area (Å²) in [4.78, 5) is 25.9. The van der Waals surface area contributed by atoms with Gasteiger partial charge in [-0.3, -0.25) is 9.36 Å². The van der Waals surface area contributed by atoms with E-state index in [-0.39, 0.29) is 17.4 Å². The molecule has 4 aromatic rings. The van der Waals surface area contributed by atoms with Gasteiger partial charge in [0, 0.05) is 79.4 Å². The molecule has 0 unspecified atom stereocenters. The lowest BCUT2D eigenvalue weighted by molar-refractivity contribution is 0.0804. The molecule has 0 saturated carbocycles. The van der Waals surface area contributed by atoms with Crippen LogP contribution >= 0.6 is 0 Å². The average Bonchev–Trinajstić information content (AvgIpc) is 3.47. The number of rotatable bonds is 8. The van der Waals surface area contributed by atoms with Crippen LogP contribution in [0, 0.1) is 12.8 Å². The minimum atomic E-state index is -0.110. The fourth-order valence-corrected chi connectivity index (χ4v) is 6.00. The lowest BCUT2D eigenvalue weighted by Crippen LogP contribution is -2.43. The molecule has 0 amide bonds. The van der Waals surface area contributed by atoms with Gasteiger partial charge in [0.1, 0.15) is 11.4 Å². The fraction of sp³-hybridized carbons (Fsp3) is 0.424. The van der Waals surface area contributed by atoms with Crippen molar-refractivity contribution in [3.05, 3.63) is 82.2 Å². The van der Waals surface area contributed by atoms with Crippen LogP contribution in [-0.4, -0.2) is 53.9 Å². The Morgan fingerprint density at radius 3 is 2.69 bits per heavy atom. The highest BCUT2D eigenvalue weighted by Gasteiger charge is 2.24. The van der Waals surface area contributed by atoms with Crippen molar-refractivity contribution in [3.8, 4) is 0 Å². The van der Waals surface area contributed by atoms with Crippen molar-refractivity contribution in [2.75, 3.05) is 49.6 Å². The number of piperazine rings is 1. The van der Waals surface area contributed by atoms with Crippen LogP contribution in [0.25, 0.3) is 16.6 Å². The topological polar surface area (TPSA) is 97.5 Å². The van der Waals surface area contributed by atoms with Gasteiger partial charge in [0.2, 0.25) is 5.95 Å². The maximum atomic E-state index is 14.0. The SMILES string of the molecule is C=C(c1cc2cnc(Nc3ccc(N4CCNCC4)c(C)c3)nc2n(Cc2ccoc2C2CCOCC2)c1=O)C(C)C. The van der Waals surface area contributed by atoms with E-state index < -0.39 is 0 Å². The van der Waals surface area contributed by atoms with Crippen molar-refractivity contribution >= 4 is 33.9 Å². The molecule has 42 heavy (non-hydrogen) atoms. The summed E-state index contributed by atoms with van der Waals surface area (Å²) in [5.74, 6) is 1.78. The number of hydrogen-bond donors (Lipinski definition) is 2. The van der Waals surface area contributed by atoms with Crippen molar-refractivity contribution < 1.29 is 9.15 Å². The Kier molecular flexibility index (Phi) is 8.13. The first-order chi connectivity index (χ1) is 20.4. The maximum absolute atomic E-state index is 14.0. The van der Waals surface area contributed by atoms with E-state index in [1.54, 1.807) is 17.0 Å². The number of hydrogen-bond acceptors (Lipinski definition) is 8. The second-order valence-electron chi connectivity index (χ2n) is 11.7. The molecule has 2 aliphatic heterocycles. The summed E-state index contributed by atoms with van der Waals surface area (Å²) < 4.78 is 13.3. The number of nitrogens with one attached hydrogen (secondary N) is 2. The largest absolute Gasteiger partial charge is 0.469 e. The molecule has 0 bridgehead atoms. The van der Waals surface area contributed by atoms with Crippen molar-refractivity contribution in [1.29, 1.82) is 0 Å². The molecule has 2 N–H and O–H groups in total. The molecular weight excluding hydrogens is 528 g/mol. The zero-order valence-electron chi connectivity index (χ0n) is 24.8. The Morgan fingerprint density at radius 1 is 1.17 bits per heavy atom. The first kappa shape index (κ1) is 28.2. The first-order valence-corrected chi connectivity index (χ1v) is 15.0. The normalized spacial score (nSPS) is 16.3. The van der Waals surface area contributed by atoms with Gasteiger partial charge in [0.05, 0.1) is 12.8 Å². The molecule has 3 aromatic heterocycles. The molecule has 2 aliphatic rings. The van der Waals surface area contributed by atoms with Crippen LogP contribution in [0.4, 0.5) is 17.3 Å². The van der Waals surface area contributed by atoms with Crippen LogP contribution in [0.15, 0.2) is 58.6 Å². The van der Waals surface area contributed by atoms with Gasteiger partial charge in [-0.2, -0.15) is 4.98 Å². The van der Waals surface area contributed by atoms with E-state index in [9.17, 15) is 4.79 Å². The zero-order valence-corrected chi connectivity index (χ0v) is 24.8. The minimum Gasteiger partial charge on any atom is -0.469 e. The molecule has 5 heterocycles. The van der Waals surface area contributed by atoms with Gasteiger partial charge < -0.3 is 24.7 Å². The third-order valence-corrected chi connectivity index (χ3v) is 8.48. The number of aryl methyl sites for hydroxylation is 1. The molecule has 9 heteroatoms. The van der Waals surface area contributed by atoms with E-state index in [0.29, 0.717) is 23.7 Å². The summed E-state index contributed by atoms with van der Waals surface area (Å²) in [5.41, 5.74) is 6.19. The second kappa shape index (κ2) is 12.1. The van der Waals surface area contributed by atoms with Crippen LogP contribution < -0.4 is 21.1 Å². The van der Waals surface area contributed by atoms with Gasteiger partial charge in [-0.15, -0.1) is 0 Å². The second-order valence-corrected chi connectivity index (χ2v) is 11.7. The summed E-state index contributed by atoms with van der Waals surface area (Å²) >= 11 is 0. The Balaban J connectivity index is 1.36. The molecule has 0 spiro atoms. The van der Waals surface area contributed by atoms with E-state index in [1.807, 2.05) is 12.1 Å². The number of pyridine rings is 1. The third kappa shape index (κ3) is 5.71. The summed E-state index contributed by atoms with van der Waals surface area (Å²) in [6.07, 6.45) is 5.32. The highest BCUT2D eigenvalue weighted by atomic mass is 16.5. The molecule has 0 aliphatic carbocycles. The van der Waals surface area contributed by atoms with Crippen LogP contribution in [0.2, 0.25) is 0 Å². The van der Waals surface area contributed by atoms with Crippen LogP contribution in [-0.2, 0) is 11.3 Å². The number of benzene rings is 1. The van der Waals surface area contributed by atoms with Crippen LogP contribution in [0.5, 0.6) is 0 Å². The number of aromatic nitrogens is 3. The average molecular weight is 569 g/mol. The lowest BCUT2D eigenvalue weighted by Gasteiger charge is -2.30. The summed E-state index contributed by atoms with van der Waals surface area (Å²) in [6, 6.07) is 10.2. The van der Waals surface area contributed by atoms with E-state index >= 15 is 0 Å². The van der Waals surface area contributed by atoms with Gasteiger partial charge in [-0.1, -0.05) is 20.4 Å². The summed E-state index contributed by atoms with van der Waals surface area (Å²) in [7, 11) is 0. The van der Waals surface area contributed by atoms with Crippen molar-refractivity contribution in [2.24, 2.45) is 5.92 Å². The van der Waals surface area contributed by atoms with Gasteiger partial charge in [-0.25, -0.2) is 4.98 Å². The van der Waals surface area contributed by atoms with E-state index in [2.05, 4.69) is 66.1 Å². The predicted molar refractivity (Wildman–Crippen MR) is 168 cm³/mol. The number of allylic oxidation sites excluding steroid dienone is 1. The molecule has 6 rings (SSSR count). The van der Waals surface area contributed by atoms with E-state index in [1.165, 1.54) is 11.3 Å². The zero-order chi connectivity index (χ0) is 29.2. The number of fused-ring (bicyclic) bond motifs is 1. The molecule has 2 saturated heterocycles. The van der Waals surface area contributed by atoms with Gasteiger partial charge >= 0.3 is 0 Å². The molecule has 1 aromatic carbocycles. The molecule has 220 valence electrons. The standard InChI is InChI=1S/C33H40N6O3/c1-21(2)23(4)28-18-26-19-35-33(36-27-5-6-29(22(3)17-27)38-12-10-34-11-13-38)37-31(26)39(32(28)40)20-25-9-16-42-30(25)24-7-14-41-15-8-24/h5-6,9,16-19,21,24,34H,4,7-8,10-15,20H2,1-3H3,(H,35,36,37). The van der Waals surface area contributed by atoms with E-state index in [0.717, 1.165) is 80.2 Å². The summed E-state index contributed by atoms with van der Waals surface area (Å²) in [5, 5.41) is 7.57. The molecule has 9 nitrogen and oxygen atoms in total. The molecule has 2 fully saturated rings. The van der Waals surface area contributed by atoms with Crippen LogP contribution in [0.3, 0.4) is 0 Å². The lowest BCUT2D eigenvalue weighted by atomic mass is 9.94. The first-order valence-electron chi connectivity index (χ1n) is 15.0. The quantitative estimate of drug-likeness (QED) is 0.289. The third-order valence-electron chi connectivity index (χ3n) is 8.48. The Morgan fingerprint density at radius 2 is 1.95 bits per heavy atom. The Bertz CT molecular complexity index is 1640. The van der Waals surface area contributed by atoms with Gasteiger partial charge in [0.15, 0.2) is 0 Å². The predicted octanol–water partition coefficient (Wildman–Crippen LogP) is 5.46. The molecule has 0 radical (unpaired) electrons. The monoisotopic (exact) mass is 568 g/mol. The smallest absolute Gasteiger partial charge is 0.260 e. The van der Waals surface area contributed by atoms with Crippen molar-refractivity contribution in [1.82, 2.24) is 19.9 Å². The van der Waals surface area contributed by atoms with Crippen molar-refractivity contribution in [2.45, 2.75) is 46.1 Å². The number of furan rings is 1. The maximum Gasteiger partial charge on any atom is 0.260 e. The highest BCUT2D eigenvalue weighted by Crippen LogP contribution is 2.32. The van der Waals surface area contributed by atoms with Crippen molar-refractivity contribution in [3.63, 3.8) is 0 Å². The molecule has 0 atom stereocenters. The number of anilines is 3. The summed E-state index contributed by atoms with van der Waals surface area (Å²) in [6.45, 7) is 16.2. The Labute approximate surface area is 246 Å². The Hall–Kier alpha value is -3.95. The molecular formula is C33H40N6O3. The van der Waals surface area contributed by atoms with Gasteiger partial charge in [0.25, 0.3) is 5.56 Å². The highest BCUT2D eigenvalue weighted by molar-refractivity contribution is 5.81.